The fraction of sp³-hybridized carbons (Fsp3) is 0.0606. The zero-order valence-corrected chi connectivity index (χ0v) is 30.1. The van der Waals surface area contributed by atoms with Gasteiger partial charge in [0.1, 0.15) is 5.69 Å². The van der Waals surface area contributed by atoms with Crippen molar-refractivity contribution in [3.05, 3.63) is 133 Å². The van der Waals surface area contributed by atoms with Crippen molar-refractivity contribution in [3.63, 3.8) is 0 Å². The third kappa shape index (κ3) is 7.49. The lowest BCUT2D eigenvalue weighted by atomic mass is 10.3. The maximum absolute atomic E-state index is 12.8. The molecule has 270 valence electrons. The zero-order chi connectivity index (χ0) is 37.1. The van der Waals surface area contributed by atoms with Crippen LogP contribution in [0.1, 0.15) is 11.4 Å². The third-order valence-corrected chi connectivity index (χ3v) is 11.5. The van der Waals surface area contributed by atoms with E-state index in [1.807, 2.05) is 28.8 Å². The minimum Gasteiger partial charge on any atom is -0.313 e. The highest BCUT2D eigenvalue weighted by Crippen LogP contribution is 2.28. The minimum absolute atomic E-state index is 0.0213. The van der Waals surface area contributed by atoms with Crippen molar-refractivity contribution in [1.29, 1.82) is 0 Å². The summed E-state index contributed by atoms with van der Waals surface area (Å²) in [5.74, 6) is 0.405. The monoisotopic (exact) mass is 778 g/mol. The average molecular weight is 779 g/mol. The number of nitrogens with zero attached hydrogens (tertiary/aromatic N) is 12. The van der Waals surface area contributed by atoms with Crippen LogP contribution in [0.15, 0.2) is 137 Å². The first-order valence-corrected chi connectivity index (χ1v) is 19.9. The molecular formula is C33H26N14O4S3. The van der Waals surface area contributed by atoms with Gasteiger partial charge in [-0.3, -0.25) is 0 Å². The number of benzene rings is 3. The molecule has 0 radical (unpaired) electrons. The summed E-state index contributed by atoms with van der Waals surface area (Å²) in [5, 5.41) is 17.9. The van der Waals surface area contributed by atoms with Crippen molar-refractivity contribution in [1.82, 2.24) is 59.5 Å². The number of anilines is 2. The highest BCUT2D eigenvalue weighted by Gasteiger charge is 2.19. The lowest BCUT2D eigenvalue weighted by Gasteiger charge is -2.07. The Morgan fingerprint density at radius 2 is 1.09 bits per heavy atom. The van der Waals surface area contributed by atoms with Crippen LogP contribution >= 0.6 is 11.8 Å². The van der Waals surface area contributed by atoms with Gasteiger partial charge in [0.2, 0.25) is 11.9 Å². The SMILES string of the molecule is O=S(=O)(Nc1ncccn1)c1ccc(-n2cc(CSc3nc4ccccc4n3Cc3cn(-c4ccc(S(=O)(=O)Nc5ncccn5)cc4)nn3)nn2)cc1. The summed E-state index contributed by atoms with van der Waals surface area (Å²) in [5.41, 5.74) is 4.30. The lowest BCUT2D eigenvalue weighted by molar-refractivity contribution is 0.599. The molecule has 0 unspecified atom stereocenters. The predicted octanol–water partition coefficient (Wildman–Crippen LogP) is 3.72. The summed E-state index contributed by atoms with van der Waals surface area (Å²) >= 11 is 1.48. The molecule has 0 spiro atoms. The van der Waals surface area contributed by atoms with Crippen molar-refractivity contribution in [2.75, 3.05) is 9.44 Å². The quantitative estimate of drug-likeness (QED) is 0.159. The molecule has 0 fully saturated rings. The van der Waals surface area contributed by atoms with Crippen molar-refractivity contribution in [3.8, 4) is 11.4 Å². The van der Waals surface area contributed by atoms with E-state index in [0.29, 0.717) is 35.1 Å². The number of hydrogen-bond donors (Lipinski definition) is 2. The van der Waals surface area contributed by atoms with Crippen LogP contribution < -0.4 is 9.44 Å². The van der Waals surface area contributed by atoms with Gasteiger partial charge in [-0.15, -0.1) is 10.2 Å². The number of nitrogens with one attached hydrogen (secondary N) is 2. The van der Waals surface area contributed by atoms with Crippen LogP contribution in [0.5, 0.6) is 0 Å². The fourth-order valence-corrected chi connectivity index (χ4v) is 8.03. The number of thioether (sulfide) groups is 1. The van der Waals surface area contributed by atoms with Crippen molar-refractivity contribution in [2.45, 2.75) is 27.2 Å². The summed E-state index contributed by atoms with van der Waals surface area (Å²) in [6.07, 6.45) is 9.33. The Morgan fingerprint density at radius 3 is 1.65 bits per heavy atom. The number of aromatic nitrogens is 12. The van der Waals surface area contributed by atoms with E-state index in [2.05, 4.69) is 50.0 Å². The summed E-state index contributed by atoms with van der Waals surface area (Å²) in [6.45, 7) is 0.365. The topological polar surface area (TPSA) is 223 Å². The van der Waals surface area contributed by atoms with E-state index in [1.165, 1.54) is 60.8 Å². The molecule has 18 nitrogen and oxygen atoms in total. The lowest BCUT2D eigenvalue weighted by Crippen LogP contribution is -2.14. The van der Waals surface area contributed by atoms with Gasteiger partial charge in [-0.2, -0.15) is 0 Å². The molecule has 0 saturated heterocycles. The van der Waals surface area contributed by atoms with Gasteiger partial charge < -0.3 is 4.57 Å². The smallest absolute Gasteiger partial charge is 0.264 e. The van der Waals surface area contributed by atoms with E-state index >= 15 is 0 Å². The molecular weight excluding hydrogens is 753 g/mol. The largest absolute Gasteiger partial charge is 0.313 e. The highest BCUT2D eigenvalue weighted by atomic mass is 32.2. The summed E-state index contributed by atoms with van der Waals surface area (Å²) in [7, 11) is -7.77. The molecule has 5 aromatic heterocycles. The van der Waals surface area contributed by atoms with Gasteiger partial charge in [-0.05, 0) is 72.8 Å². The molecule has 0 amide bonds. The standard InChI is InChI=1S/C33H26N14O4S3/c48-53(49,41-31-34-15-3-16-35-31)27-11-7-25(8-12-27)46-20-23(39-43-46)19-45-30-6-2-1-5-29(30)38-33(45)52-22-24-21-47(44-40-24)26-9-13-28(14-10-26)54(50,51)42-32-36-17-4-18-37-32/h1-18,20-21H,19,22H2,(H,34,35,41)(H,36,37,42). The van der Waals surface area contributed by atoms with E-state index in [-0.39, 0.29) is 21.7 Å². The van der Waals surface area contributed by atoms with E-state index < -0.39 is 20.0 Å². The van der Waals surface area contributed by atoms with Crippen LogP contribution in [-0.2, 0) is 32.3 Å². The number of hydrogen-bond acceptors (Lipinski definition) is 14. The van der Waals surface area contributed by atoms with E-state index in [1.54, 1.807) is 58.2 Å². The first-order valence-electron chi connectivity index (χ1n) is 15.9. The van der Waals surface area contributed by atoms with Crippen LogP contribution in [0.2, 0.25) is 0 Å². The Labute approximate surface area is 311 Å². The maximum Gasteiger partial charge on any atom is 0.264 e. The highest BCUT2D eigenvalue weighted by molar-refractivity contribution is 7.98. The van der Waals surface area contributed by atoms with Gasteiger partial charge >= 0.3 is 0 Å². The number of sulfonamides is 2. The molecule has 0 aliphatic carbocycles. The number of rotatable bonds is 13. The summed E-state index contributed by atoms with van der Waals surface area (Å²) in [4.78, 5) is 20.6. The Morgan fingerprint density at radius 1 is 0.593 bits per heavy atom. The normalized spacial score (nSPS) is 11.9. The first-order chi connectivity index (χ1) is 26.2. The number of imidazole rings is 1. The Bertz CT molecular complexity index is 2780. The third-order valence-electron chi connectivity index (χ3n) is 7.78. The Kier molecular flexibility index (Phi) is 9.23. The number of para-hydroxylation sites is 2. The molecule has 5 heterocycles. The summed E-state index contributed by atoms with van der Waals surface area (Å²) < 4.78 is 61.0. The van der Waals surface area contributed by atoms with Crippen molar-refractivity contribution >= 4 is 54.7 Å². The van der Waals surface area contributed by atoms with Crippen LogP contribution in [0, 0.1) is 0 Å². The second-order valence-corrected chi connectivity index (χ2v) is 15.7. The minimum atomic E-state index is -3.89. The molecule has 8 rings (SSSR count). The fourth-order valence-electron chi connectivity index (χ4n) is 5.22. The van der Waals surface area contributed by atoms with Crippen LogP contribution in [0.25, 0.3) is 22.4 Å². The second kappa shape index (κ2) is 14.4. The molecule has 0 atom stereocenters. The molecule has 0 bridgehead atoms. The van der Waals surface area contributed by atoms with E-state index in [9.17, 15) is 16.8 Å². The molecule has 0 aliphatic rings. The van der Waals surface area contributed by atoms with E-state index in [0.717, 1.165) is 16.2 Å². The molecule has 54 heavy (non-hydrogen) atoms. The van der Waals surface area contributed by atoms with Gasteiger partial charge in [0.05, 0.1) is 56.8 Å². The predicted molar refractivity (Wildman–Crippen MR) is 197 cm³/mol. The molecule has 21 heteroatoms. The van der Waals surface area contributed by atoms with Crippen molar-refractivity contribution < 1.29 is 16.8 Å². The van der Waals surface area contributed by atoms with Crippen molar-refractivity contribution in [2.24, 2.45) is 0 Å². The number of fused-ring (bicyclic) bond motifs is 1. The Balaban J connectivity index is 0.949. The molecule has 3 aromatic carbocycles. The summed E-state index contributed by atoms with van der Waals surface area (Å²) in [6, 6.07) is 23.4. The molecule has 2 N–H and O–H groups in total. The maximum atomic E-state index is 12.8. The first kappa shape index (κ1) is 34.5. The molecule has 0 saturated carbocycles. The van der Waals surface area contributed by atoms with Gasteiger partial charge in [-0.1, -0.05) is 34.3 Å². The zero-order valence-electron chi connectivity index (χ0n) is 27.7. The van der Waals surface area contributed by atoms with Crippen LogP contribution in [0.3, 0.4) is 0 Å². The van der Waals surface area contributed by atoms with Crippen LogP contribution in [-0.4, -0.2) is 76.3 Å². The van der Waals surface area contributed by atoms with Crippen LogP contribution in [0.4, 0.5) is 11.9 Å². The van der Waals surface area contributed by atoms with Gasteiger partial charge in [-0.25, -0.2) is 60.6 Å². The van der Waals surface area contributed by atoms with Gasteiger partial charge in [0, 0.05) is 30.5 Å². The molecule has 0 aliphatic heterocycles. The Hall–Kier alpha value is -6.58. The molecule has 8 aromatic rings. The van der Waals surface area contributed by atoms with Gasteiger partial charge in [0.15, 0.2) is 5.16 Å². The second-order valence-electron chi connectivity index (χ2n) is 11.4. The van der Waals surface area contributed by atoms with Gasteiger partial charge in [0.25, 0.3) is 20.0 Å². The average Bonchev–Trinajstić information content (AvgIpc) is 3.94. The van der Waals surface area contributed by atoms with E-state index in [4.69, 9.17) is 4.98 Å².